The number of hydrogen-bond donors (Lipinski definition) is 1. The highest BCUT2D eigenvalue weighted by Gasteiger charge is 2.38. The lowest BCUT2D eigenvalue weighted by molar-refractivity contribution is -0.158. The zero-order chi connectivity index (χ0) is 16.8. The molecule has 0 saturated carbocycles. The van der Waals surface area contributed by atoms with E-state index in [4.69, 9.17) is 9.26 Å². The third-order valence-electron chi connectivity index (χ3n) is 4.33. The normalized spacial score (nSPS) is 21.0. The molecule has 6 heteroatoms. The van der Waals surface area contributed by atoms with E-state index >= 15 is 0 Å². The summed E-state index contributed by atoms with van der Waals surface area (Å²) in [6.07, 6.45) is 3.05. The highest BCUT2D eigenvalue weighted by molar-refractivity contribution is 5.76. The van der Waals surface area contributed by atoms with Gasteiger partial charge in [0.1, 0.15) is 11.4 Å². The SMILES string of the molecule is O=C(CCc1ccno1)N1CCOC(CO)(Cc2ccccc2)C1. The van der Waals surface area contributed by atoms with Crippen LogP contribution in [-0.2, 0) is 22.4 Å². The lowest BCUT2D eigenvalue weighted by Gasteiger charge is -2.42. The van der Waals surface area contributed by atoms with Crippen LogP contribution in [0.4, 0.5) is 0 Å². The maximum Gasteiger partial charge on any atom is 0.223 e. The van der Waals surface area contributed by atoms with Gasteiger partial charge in [-0.05, 0) is 5.56 Å². The molecule has 1 amide bonds. The molecule has 1 atom stereocenters. The number of hydrogen-bond acceptors (Lipinski definition) is 5. The molecule has 1 N–H and O–H groups in total. The Morgan fingerprint density at radius 3 is 2.83 bits per heavy atom. The molecule has 0 aliphatic carbocycles. The van der Waals surface area contributed by atoms with Crippen molar-refractivity contribution in [3.8, 4) is 0 Å². The summed E-state index contributed by atoms with van der Waals surface area (Å²) >= 11 is 0. The number of aryl methyl sites for hydroxylation is 1. The molecule has 1 aromatic carbocycles. The zero-order valence-electron chi connectivity index (χ0n) is 13.6. The second-order valence-electron chi connectivity index (χ2n) is 6.15. The lowest BCUT2D eigenvalue weighted by atomic mass is 9.93. The number of aliphatic hydroxyl groups is 1. The summed E-state index contributed by atoms with van der Waals surface area (Å²) in [5, 5.41) is 13.5. The van der Waals surface area contributed by atoms with Gasteiger partial charge in [-0.3, -0.25) is 4.79 Å². The molecule has 1 saturated heterocycles. The second-order valence-corrected chi connectivity index (χ2v) is 6.15. The van der Waals surface area contributed by atoms with E-state index in [2.05, 4.69) is 5.16 Å². The van der Waals surface area contributed by atoms with E-state index in [1.54, 1.807) is 17.2 Å². The molecule has 1 aliphatic heterocycles. The molecule has 0 spiro atoms. The van der Waals surface area contributed by atoms with Crippen LogP contribution in [0.5, 0.6) is 0 Å². The molecule has 1 aliphatic rings. The summed E-state index contributed by atoms with van der Waals surface area (Å²) in [6.45, 7) is 1.26. The van der Waals surface area contributed by atoms with E-state index in [1.165, 1.54) is 0 Å². The lowest BCUT2D eigenvalue weighted by Crippen LogP contribution is -2.56. The average Bonchev–Trinajstić information content (AvgIpc) is 3.14. The van der Waals surface area contributed by atoms with Crippen LogP contribution >= 0.6 is 0 Å². The number of nitrogens with zero attached hydrogens (tertiary/aromatic N) is 2. The Kier molecular flexibility index (Phi) is 5.27. The standard InChI is InChI=1S/C18H22N2O4/c21-14-18(12-15-4-2-1-3-5-15)13-20(10-11-23-18)17(22)7-6-16-8-9-19-24-16/h1-5,8-9,21H,6-7,10-14H2. The molecule has 1 unspecified atom stereocenters. The van der Waals surface area contributed by atoms with Gasteiger partial charge >= 0.3 is 0 Å². The van der Waals surface area contributed by atoms with Gasteiger partial charge < -0.3 is 19.3 Å². The van der Waals surface area contributed by atoms with Crippen LogP contribution < -0.4 is 0 Å². The summed E-state index contributed by atoms with van der Waals surface area (Å²) in [6, 6.07) is 11.7. The van der Waals surface area contributed by atoms with Crippen LogP contribution in [0.25, 0.3) is 0 Å². The first-order valence-corrected chi connectivity index (χ1v) is 8.17. The minimum Gasteiger partial charge on any atom is -0.393 e. The number of benzene rings is 1. The summed E-state index contributed by atoms with van der Waals surface area (Å²) in [7, 11) is 0. The Labute approximate surface area is 141 Å². The molecule has 1 aromatic heterocycles. The molecule has 0 radical (unpaired) electrons. The van der Waals surface area contributed by atoms with E-state index in [1.807, 2.05) is 30.3 Å². The predicted molar refractivity (Wildman–Crippen MR) is 87.3 cm³/mol. The van der Waals surface area contributed by atoms with Crippen LogP contribution in [0.15, 0.2) is 47.1 Å². The number of amides is 1. The fraction of sp³-hybridized carbons (Fsp3) is 0.444. The van der Waals surface area contributed by atoms with Gasteiger partial charge in [0.2, 0.25) is 5.91 Å². The van der Waals surface area contributed by atoms with E-state index < -0.39 is 5.60 Å². The molecular formula is C18H22N2O4. The molecule has 3 rings (SSSR count). The maximum atomic E-state index is 12.5. The summed E-state index contributed by atoms with van der Waals surface area (Å²) in [5.41, 5.74) is 0.351. The van der Waals surface area contributed by atoms with Crippen LogP contribution in [0.1, 0.15) is 17.7 Å². The number of carbonyl (C=O) groups is 1. The number of ether oxygens (including phenoxy) is 1. The third-order valence-corrected chi connectivity index (χ3v) is 4.33. The number of carbonyl (C=O) groups excluding carboxylic acids is 1. The number of morpholine rings is 1. The minimum absolute atomic E-state index is 0.0422. The van der Waals surface area contributed by atoms with Crippen molar-refractivity contribution in [2.24, 2.45) is 0 Å². The van der Waals surface area contributed by atoms with E-state index in [0.717, 1.165) is 5.56 Å². The van der Waals surface area contributed by atoms with Crippen molar-refractivity contribution in [2.75, 3.05) is 26.3 Å². The summed E-state index contributed by atoms with van der Waals surface area (Å²) < 4.78 is 10.9. The van der Waals surface area contributed by atoms with Gasteiger partial charge in [0.05, 0.1) is 26.0 Å². The van der Waals surface area contributed by atoms with Gasteiger partial charge in [-0.15, -0.1) is 0 Å². The van der Waals surface area contributed by atoms with E-state index in [-0.39, 0.29) is 12.5 Å². The number of rotatable bonds is 6. The van der Waals surface area contributed by atoms with Gasteiger partial charge in [0.25, 0.3) is 0 Å². The van der Waals surface area contributed by atoms with Crippen LogP contribution in [0.2, 0.25) is 0 Å². The first-order valence-electron chi connectivity index (χ1n) is 8.17. The highest BCUT2D eigenvalue weighted by atomic mass is 16.5. The van der Waals surface area contributed by atoms with Crippen molar-refractivity contribution in [1.82, 2.24) is 10.1 Å². The Balaban J connectivity index is 1.62. The smallest absolute Gasteiger partial charge is 0.223 e. The Morgan fingerprint density at radius 2 is 2.12 bits per heavy atom. The first kappa shape index (κ1) is 16.7. The van der Waals surface area contributed by atoms with Crippen molar-refractivity contribution in [2.45, 2.75) is 24.9 Å². The molecule has 0 bridgehead atoms. The molecular weight excluding hydrogens is 308 g/mol. The molecule has 6 nitrogen and oxygen atoms in total. The van der Waals surface area contributed by atoms with Crippen LogP contribution in [-0.4, -0.2) is 53.0 Å². The fourth-order valence-electron chi connectivity index (χ4n) is 3.04. The predicted octanol–water partition coefficient (Wildman–Crippen LogP) is 1.44. The minimum atomic E-state index is -0.735. The monoisotopic (exact) mass is 330 g/mol. The van der Waals surface area contributed by atoms with E-state index in [0.29, 0.717) is 44.7 Å². The van der Waals surface area contributed by atoms with Gasteiger partial charge in [0.15, 0.2) is 0 Å². The van der Waals surface area contributed by atoms with Gasteiger partial charge in [-0.25, -0.2) is 0 Å². The van der Waals surface area contributed by atoms with Crippen molar-refractivity contribution >= 4 is 5.91 Å². The van der Waals surface area contributed by atoms with Crippen LogP contribution in [0, 0.1) is 0 Å². The summed E-state index contributed by atoms with van der Waals surface area (Å²) in [5.74, 6) is 0.745. The quantitative estimate of drug-likeness (QED) is 0.867. The van der Waals surface area contributed by atoms with Gasteiger partial charge in [0, 0.05) is 31.9 Å². The molecule has 24 heavy (non-hydrogen) atoms. The average molecular weight is 330 g/mol. The fourth-order valence-corrected chi connectivity index (χ4v) is 3.04. The third kappa shape index (κ3) is 4.01. The Hall–Kier alpha value is -2.18. The van der Waals surface area contributed by atoms with E-state index in [9.17, 15) is 9.90 Å². The molecule has 2 heterocycles. The molecule has 1 fully saturated rings. The Morgan fingerprint density at radius 1 is 1.29 bits per heavy atom. The van der Waals surface area contributed by atoms with Crippen molar-refractivity contribution in [3.63, 3.8) is 0 Å². The largest absolute Gasteiger partial charge is 0.393 e. The first-order chi connectivity index (χ1) is 11.7. The van der Waals surface area contributed by atoms with Gasteiger partial charge in [-0.2, -0.15) is 0 Å². The topological polar surface area (TPSA) is 75.8 Å². The van der Waals surface area contributed by atoms with Crippen molar-refractivity contribution in [1.29, 1.82) is 0 Å². The van der Waals surface area contributed by atoms with Gasteiger partial charge in [-0.1, -0.05) is 35.5 Å². The number of aliphatic hydroxyl groups excluding tert-OH is 1. The maximum absolute atomic E-state index is 12.5. The zero-order valence-corrected chi connectivity index (χ0v) is 13.6. The van der Waals surface area contributed by atoms with Crippen molar-refractivity contribution in [3.05, 3.63) is 53.9 Å². The van der Waals surface area contributed by atoms with Crippen molar-refractivity contribution < 1.29 is 19.2 Å². The second kappa shape index (κ2) is 7.59. The molecule has 2 aromatic rings. The summed E-state index contributed by atoms with van der Waals surface area (Å²) in [4.78, 5) is 14.3. The molecule has 128 valence electrons. The Bertz CT molecular complexity index is 644. The number of aromatic nitrogens is 1. The highest BCUT2D eigenvalue weighted by Crippen LogP contribution is 2.23. The van der Waals surface area contributed by atoms with Crippen LogP contribution in [0.3, 0.4) is 0 Å².